The predicted molar refractivity (Wildman–Crippen MR) is 140 cm³/mol. The zero-order chi connectivity index (χ0) is 25.8. The van der Waals surface area contributed by atoms with Crippen molar-refractivity contribution in [1.29, 1.82) is 0 Å². The monoisotopic (exact) mass is 488 g/mol. The van der Waals surface area contributed by atoms with Gasteiger partial charge in [0.05, 0.1) is 18.8 Å². The summed E-state index contributed by atoms with van der Waals surface area (Å²) in [5.41, 5.74) is 4.52. The van der Waals surface area contributed by atoms with Gasteiger partial charge in [-0.05, 0) is 60.7 Å². The smallest absolute Gasteiger partial charge is 0.263 e. The molecular weight excluding hydrogens is 452 g/mol. The lowest BCUT2D eigenvalue weighted by Gasteiger charge is -2.39. The first kappa shape index (κ1) is 25.5. The molecule has 1 aliphatic rings. The third kappa shape index (κ3) is 5.48. The Hall–Kier alpha value is -3.54. The van der Waals surface area contributed by atoms with Gasteiger partial charge in [-0.15, -0.1) is 0 Å². The van der Waals surface area contributed by atoms with Crippen LogP contribution in [-0.2, 0) is 22.6 Å². The van der Waals surface area contributed by atoms with Gasteiger partial charge >= 0.3 is 0 Å². The minimum absolute atomic E-state index is 0.0919. The Kier molecular flexibility index (Phi) is 7.82. The molecule has 2 heterocycles. The Morgan fingerprint density at radius 3 is 2.53 bits per heavy atom. The van der Waals surface area contributed by atoms with E-state index in [1.165, 1.54) is 11.1 Å². The van der Waals surface area contributed by atoms with Gasteiger partial charge in [-0.1, -0.05) is 56.7 Å². The Morgan fingerprint density at radius 1 is 1.14 bits per heavy atom. The van der Waals surface area contributed by atoms with Crippen molar-refractivity contribution in [3.05, 3.63) is 88.9 Å². The summed E-state index contributed by atoms with van der Waals surface area (Å²) in [6.45, 7) is 8.96. The lowest BCUT2D eigenvalue weighted by atomic mass is 9.87. The number of amides is 2. The number of likely N-dealkylation sites (N-methyl/N-ethyl adjacent to an activating group) is 1. The van der Waals surface area contributed by atoms with Crippen molar-refractivity contribution in [2.45, 2.75) is 59.2 Å². The quantitative estimate of drug-likeness (QED) is 0.418. The number of furan rings is 1. The van der Waals surface area contributed by atoms with Gasteiger partial charge in [0.15, 0.2) is 6.10 Å². The first-order valence-electron chi connectivity index (χ1n) is 12.7. The van der Waals surface area contributed by atoms with Gasteiger partial charge in [0.25, 0.3) is 5.91 Å². The maximum absolute atomic E-state index is 13.2. The van der Waals surface area contributed by atoms with Crippen molar-refractivity contribution in [2.75, 3.05) is 13.6 Å². The Labute approximate surface area is 213 Å². The minimum atomic E-state index is -0.613. The summed E-state index contributed by atoms with van der Waals surface area (Å²) >= 11 is 0. The van der Waals surface area contributed by atoms with E-state index in [0.29, 0.717) is 25.3 Å². The van der Waals surface area contributed by atoms with Crippen LogP contribution in [0.2, 0.25) is 0 Å². The standard InChI is InChI=1S/C30H36N2O4/c1-6-27(30(34)31(5)19-25-8-7-17-35-25)36-24-14-13-22-15-16-32(29(33)20(2)3)28(26(22)18-24)23-11-9-21(4)10-12-23/h7-14,17-18,20,27-28H,6,15-16,19H2,1-5H3. The molecule has 0 fully saturated rings. The van der Waals surface area contributed by atoms with Gasteiger partial charge in [0, 0.05) is 19.5 Å². The summed E-state index contributed by atoms with van der Waals surface area (Å²) in [5, 5.41) is 0. The number of carbonyl (C=O) groups is 2. The molecule has 6 nitrogen and oxygen atoms in total. The molecule has 2 atom stereocenters. The van der Waals surface area contributed by atoms with Crippen LogP contribution in [0.1, 0.15) is 61.2 Å². The number of rotatable bonds is 8. The zero-order valence-electron chi connectivity index (χ0n) is 21.9. The van der Waals surface area contributed by atoms with Gasteiger partial charge in [0.2, 0.25) is 5.91 Å². The lowest BCUT2D eigenvalue weighted by Crippen LogP contribution is -2.42. The van der Waals surface area contributed by atoms with Crippen molar-refractivity contribution in [1.82, 2.24) is 9.80 Å². The minimum Gasteiger partial charge on any atom is -0.481 e. The molecule has 36 heavy (non-hydrogen) atoms. The summed E-state index contributed by atoms with van der Waals surface area (Å²) in [5.74, 6) is 1.31. The maximum Gasteiger partial charge on any atom is 0.263 e. The fourth-order valence-electron chi connectivity index (χ4n) is 4.78. The first-order chi connectivity index (χ1) is 17.3. The van der Waals surface area contributed by atoms with Gasteiger partial charge in [0.1, 0.15) is 11.5 Å². The van der Waals surface area contributed by atoms with Gasteiger partial charge < -0.3 is 19.0 Å². The highest BCUT2D eigenvalue weighted by atomic mass is 16.5. The second-order valence-corrected chi connectivity index (χ2v) is 9.90. The number of benzene rings is 2. The maximum atomic E-state index is 13.2. The summed E-state index contributed by atoms with van der Waals surface area (Å²) < 4.78 is 11.6. The van der Waals surface area contributed by atoms with Crippen LogP contribution in [0, 0.1) is 12.8 Å². The van der Waals surface area contributed by atoms with E-state index >= 15 is 0 Å². The Bertz CT molecular complexity index is 1180. The number of ether oxygens (including phenoxy) is 1. The number of aryl methyl sites for hydroxylation is 1. The average molecular weight is 489 g/mol. The molecule has 2 unspecified atom stereocenters. The molecule has 1 aromatic heterocycles. The molecule has 2 amide bonds. The third-order valence-electron chi connectivity index (χ3n) is 6.79. The molecule has 0 saturated carbocycles. The van der Waals surface area contributed by atoms with Gasteiger partial charge in [-0.3, -0.25) is 9.59 Å². The molecule has 2 aromatic carbocycles. The van der Waals surface area contributed by atoms with E-state index in [-0.39, 0.29) is 23.8 Å². The average Bonchev–Trinajstić information content (AvgIpc) is 3.39. The zero-order valence-corrected chi connectivity index (χ0v) is 21.9. The normalized spacial score (nSPS) is 15.9. The van der Waals surface area contributed by atoms with Crippen molar-refractivity contribution in [2.24, 2.45) is 5.92 Å². The van der Waals surface area contributed by atoms with Crippen LogP contribution in [0.4, 0.5) is 0 Å². The SMILES string of the molecule is CCC(Oc1ccc2c(c1)C(c1ccc(C)cc1)N(C(=O)C(C)C)CC2)C(=O)N(C)Cc1ccco1. The summed E-state index contributed by atoms with van der Waals surface area (Å²) in [4.78, 5) is 29.9. The Balaban J connectivity index is 1.62. The number of carbonyl (C=O) groups excluding carboxylic acids is 2. The molecule has 0 aliphatic carbocycles. The van der Waals surface area contributed by atoms with Crippen LogP contribution < -0.4 is 4.74 Å². The Morgan fingerprint density at radius 2 is 1.89 bits per heavy atom. The number of fused-ring (bicyclic) bond motifs is 1. The molecule has 6 heteroatoms. The van der Waals surface area contributed by atoms with Crippen LogP contribution in [0.5, 0.6) is 5.75 Å². The van der Waals surface area contributed by atoms with Crippen LogP contribution in [-0.4, -0.2) is 41.3 Å². The largest absolute Gasteiger partial charge is 0.481 e. The molecule has 0 spiro atoms. The second kappa shape index (κ2) is 11.0. The fourth-order valence-corrected chi connectivity index (χ4v) is 4.78. The van der Waals surface area contributed by atoms with Crippen molar-refractivity contribution in [3.63, 3.8) is 0 Å². The van der Waals surface area contributed by atoms with Crippen LogP contribution in [0.25, 0.3) is 0 Å². The predicted octanol–water partition coefficient (Wildman–Crippen LogP) is 5.53. The van der Waals surface area contributed by atoms with Crippen LogP contribution >= 0.6 is 0 Å². The van der Waals surface area contributed by atoms with Crippen molar-refractivity contribution in [3.8, 4) is 5.75 Å². The molecule has 0 saturated heterocycles. The molecule has 3 aromatic rings. The van der Waals surface area contributed by atoms with E-state index in [1.807, 2.05) is 49.9 Å². The van der Waals surface area contributed by atoms with Crippen LogP contribution in [0.3, 0.4) is 0 Å². The van der Waals surface area contributed by atoms with Gasteiger partial charge in [-0.2, -0.15) is 0 Å². The molecule has 190 valence electrons. The van der Waals surface area contributed by atoms with E-state index < -0.39 is 6.10 Å². The number of hydrogen-bond acceptors (Lipinski definition) is 4. The first-order valence-corrected chi connectivity index (χ1v) is 12.7. The topological polar surface area (TPSA) is 63.0 Å². The number of nitrogens with zero attached hydrogens (tertiary/aromatic N) is 2. The highest BCUT2D eigenvalue weighted by Crippen LogP contribution is 2.38. The second-order valence-electron chi connectivity index (χ2n) is 9.90. The molecular formula is C30H36N2O4. The molecule has 0 bridgehead atoms. The van der Waals surface area contributed by atoms with E-state index in [1.54, 1.807) is 18.2 Å². The summed E-state index contributed by atoms with van der Waals surface area (Å²) in [6.07, 6.45) is 2.32. The van der Waals surface area contributed by atoms with Crippen molar-refractivity contribution < 1.29 is 18.7 Å². The highest BCUT2D eigenvalue weighted by molar-refractivity contribution is 5.81. The molecule has 4 rings (SSSR count). The van der Waals surface area contributed by atoms with Crippen LogP contribution in [0.15, 0.2) is 65.3 Å². The molecule has 0 radical (unpaired) electrons. The van der Waals surface area contributed by atoms with E-state index in [9.17, 15) is 9.59 Å². The number of hydrogen-bond donors (Lipinski definition) is 0. The van der Waals surface area contributed by atoms with E-state index in [2.05, 4.69) is 37.3 Å². The van der Waals surface area contributed by atoms with E-state index in [0.717, 1.165) is 23.3 Å². The summed E-state index contributed by atoms with van der Waals surface area (Å²) in [7, 11) is 1.76. The highest BCUT2D eigenvalue weighted by Gasteiger charge is 2.33. The van der Waals surface area contributed by atoms with Gasteiger partial charge in [-0.25, -0.2) is 0 Å². The van der Waals surface area contributed by atoms with E-state index in [4.69, 9.17) is 9.15 Å². The van der Waals surface area contributed by atoms with Crippen molar-refractivity contribution >= 4 is 11.8 Å². The summed E-state index contributed by atoms with van der Waals surface area (Å²) in [6, 6.07) is 17.9. The molecule has 0 N–H and O–H groups in total. The molecule has 1 aliphatic heterocycles. The fraction of sp³-hybridized carbons (Fsp3) is 0.400. The lowest BCUT2D eigenvalue weighted by molar-refractivity contribution is -0.138. The third-order valence-corrected chi connectivity index (χ3v) is 6.79.